The molecule has 1 aliphatic heterocycles. The summed E-state index contributed by atoms with van der Waals surface area (Å²) in [4.78, 5) is 14.4. The number of hydrogen-bond donors (Lipinski definition) is 1. The molecule has 3 atom stereocenters. The summed E-state index contributed by atoms with van der Waals surface area (Å²) in [5, 5.41) is 0. The second-order valence-electron chi connectivity index (χ2n) is 5.83. The van der Waals surface area contributed by atoms with E-state index in [2.05, 4.69) is 0 Å². The Morgan fingerprint density at radius 1 is 1.33 bits per heavy atom. The fourth-order valence-electron chi connectivity index (χ4n) is 3.23. The number of carbonyl (C=O) groups excluding carboxylic acids is 1. The predicted octanol–water partition coefficient (Wildman–Crippen LogP) is 1.42. The maximum atomic E-state index is 12.4. The minimum atomic E-state index is -0.699. The number of amides is 1. The lowest BCUT2D eigenvalue weighted by Crippen LogP contribution is -2.55. The molecule has 2 aliphatic rings. The summed E-state index contributed by atoms with van der Waals surface area (Å²) in [6.45, 7) is 7.83. The molecule has 0 aromatic rings. The van der Waals surface area contributed by atoms with Crippen molar-refractivity contribution in [2.75, 3.05) is 19.7 Å². The van der Waals surface area contributed by atoms with Crippen LogP contribution in [0.2, 0.25) is 0 Å². The van der Waals surface area contributed by atoms with E-state index in [0.717, 1.165) is 13.1 Å². The molecule has 1 saturated heterocycles. The number of halogens is 1. The van der Waals surface area contributed by atoms with Crippen molar-refractivity contribution < 1.29 is 9.53 Å². The molecule has 2 fully saturated rings. The van der Waals surface area contributed by atoms with Crippen molar-refractivity contribution in [3.63, 3.8) is 0 Å². The molecule has 0 aromatic carbocycles. The van der Waals surface area contributed by atoms with Gasteiger partial charge in [0.05, 0.1) is 0 Å². The molecule has 1 aliphatic carbocycles. The van der Waals surface area contributed by atoms with Gasteiger partial charge in [-0.1, -0.05) is 0 Å². The fraction of sp³-hybridized carbons (Fsp3) is 0.923. The zero-order valence-corrected chi connectivity index (χ0v) is 12.3. The summed E-state index contributed by atoms with van der Waals surface area (Å²) in [7, 11) is 0. The standard InChI is InChI=1S/C13H24N2O2.ClH/c1-4-17-13(2,3)12(16)15-7-9-5-6-10(8-15)11(9)14;/h9-11H,4-8,14H2,1-3H3;1H/t9-,10+,11?;. The summed E-state index contributed by atoms with van der Waals surface area (Å²) in [6, 6.07) is 0.300. The smallest absolute Gasteiger partial charge is 0.254 e. The number of ether oxygens (including phenoxy) is 1. The van der Waals surface area contributed by atoms with Crippen molar-refractivity contribution in [1.29, 1.82) is 0 Å². The molecule has 5 heteroatoms. The highest BCUT2D eigenvalue weighted by Gasteiger charge is 2.44. The minimum absolute atomic E-state index is 0. The maximum absolute atomic E-state index is 12.4. The molecule has 1 unspecified atom stereocenters. The zero-order valence-electron chi connectivity index (χ0n) is 11.5. The number of piperidine rings is 1. The number of fused-ring (bicyclic) bond motifs is 2. The number of nitrogens with zero attached hydrogens (tertiary/aromatic N) is 1. The van der Waals surface area contributed by atoms with Gasteiger partial charge in [-0.15, -0.1) is 12.4 Å². The van der Waals surface area contributed by atoms with E-state index >= 15 is 0 Å². The van der Waals surface area contributed by atoms with Crippen LogP contribution in [0.5, 0.6) is 0 Å². The van der Waals surface area contributed by atoms with E-state index in [1.54, 1.807) is 0 Å². The van der Waals surface area contributed by atoms with Gasteiger partial charge in [-0.05, 0) is 45.4 Å². The average Bonchev–Trinajstić information content (AvgIpc) is 2.52. The summed E-state index contributed by atoms with van der Waals surface area (Å²) in [6.07, 6.45) is 2.34. The summed E-state index contributed by atoms with van der Waals surface area (Å²) >= 11 is 0. The van der Waals surface area contributed by atoms with Crippen molar-refractivity contribution in [1.82, 2.24) is 4.90 Å². The lowest BCUT2D eigenvalue weighted by molar-refractivity contribution is -0.156. The van der Waals surface area contributed by atoms with Crippen molar-refractivity contribution in [3.05, 3.63) is 0 Å². The Bertz CT molecular complexity index is 295. The Labute approximate surface area is 116 Å². The van der Waals surface area contributed by atoms with Gasteiger partial charge >= 0.3 is 0 Å². The highest BCUT2D eigenvalue weighted by atomic mass is 35.5. The quantitative estimate of drug-likeness (QED) is 0.848. The zero-order chi connectivity index (χ0) is 12.6. The molecule has 106 valence electrons. The van der Waals surface area contributed by atoms with Crippen LogP contribution in [0.1, 0.15) is 33.6 Å². The third-order valence-corrected chi connectivity index (χ3v) is 4.21. The normalized spacial score (nSPS) is 31.1. The molecule has 0 spiro atoms. The van der Waals surface area contributed by atoms with Gasteiger partial charge in [-0.3, -0.25) is 4.79 Å². The third kappa shape index (κ3) is 2.81. The van der Waals surface area contributed by atoms with Crippen LogP contribution in [0.4, 0.5) is 0 Å². The van der Waals surface area contributed by atoms with Crippen molar-refractivity contribution in [2.45, 2.75) is 45.3 Å². The van der Waals surface area contributed by atoms with E-state index < -0.39 is 5.60 Å². The number of carbonyl (C=O) groups is 1. The number of likely N-dealkylation sites (tertiary alicyclic amines) is 1. The molecular formula is C13H25ClN2O2. The molecule has 1 saturated carbocycles. The Hall–Kier alpha value is -0.320. The van der Waals surface area contributed by atoms with E-state index in [0.29, 0.717) is 24.5 Å². The summed E-state index contributed by atoms with van der Waals surface area (Å²) in [5.41, 5.74) is 5.45. The second-order valence-corrected chi connectivity index (χ2v) is 5.83. The molecule has 18 heavy (non-hydrogen) atoms. The summed E-state index contributed by atoms with van der Waals surface area (Å²) in [5.74, 6) is 1.11. The third-order valence-electron chi connectivity index (χ3n) is 4.21. The first-order valence-electron chi connectivity index (χ1n) is 6.64. The van der Waals surface area contributed by atoms with Crippen LogP contribution >= 0.6 is 12.4 Å². The highest BCUT2D eigenvalue weighted by molar-refractivity contribution is 5.85. The van der Waals surface area contributed by atoms with Gasteiger partial charge in [0.1, 0.15) is 5.60 Å². The van der Waals surface area contributed by atoms with E-state index in [1.165, 1.54) is 12.8 Å². The molecule has 2 bridgehead atoms. The van der Waals surface area contributed by atoms with Crippen molar-refractivity contribution >= 4 is 18.3 Å². The molecule has 2 rings (SSSR count). The maximum Gasteiger partial charge on any atom is 0.254 e. The molecule has 0 aromatic heterocycles. The molecule has 0 radical (unpaired) electrons. The Morgan fingerprint density at radius 3 is 2.28 bits per heavy atom. The van der Waals surface area contributed by atoms with Crippen molar-refractivity contribution in [3.8, 4) is 0 Å². The van der Waals surface area contributed by atoms with Gasteiger partial charge in [0.25, 0.3) is 5.91 Å². The second kappa shape index (κ2) is 5.76. The molecule has 1 heterocycles. The first-order chi connectivity index (χ1) is 7.95. The van der Waals surface area contributed by atoms with Crippen LogP contribution < -0.4 is 5.73 Å². The number of hydrogen-bond acceptors (Lipinski definition) is 3. The Kier molecular flexibility index (Phi) is 5.04. The molecule has 2 N–H and O–H groups in total. The number of nitrogens with two attached hydrogens (primary N) is 1. The van der Waals surface area contributed by atoms with E-state index in [9.17, 15) is 4.79 Å². The van der Waals surface area contributed by atoms with Gasteiger partial charge < -0.3 is 15.4 Å². The fourth-order valence-corrected chi connectivity index (χ4v) is 3.23. The monoisotopic (exact) mass is 276 g/mol. The van der Waals surface area contributed by atoms with Crippen LogP contribution in [0, 0.1) is 11.8 Å². The molecule has 1 amide bonds. The number of rotatable bonds is 3. The van der Waals surface area contributed by atoms with E-state index in [-0.39, 0.29) is 18.3 Å². The Balaban J connectivity index is 0.00000162. The van der Waals surface area contributed by atoms with Crippen LogP contribution in [0.3, 0.4) is 0 Å². The van der Waals surface area contributed by atoms with Crippen LogP contribution in [0.15, 0.2) is 0 Å². The lowest BCUT2D eigenvalue weighted by atomic mass is 9.92. The average molecular weight is 277 g/mol. The highest BCUT2D eigenvalue weighted by Crippen LogP contribution is 2.36. The van der Waals surface area contributed by atoms with Gasteiger partial charge in [0.2, 0.25) is 0 Å². The first kappa shape index (κ1) is 15.7. The topological polar surface area (TPSA) is 55.6 Å². The van der Waals surface area contributed by atoms with E-state index in [1.807, 2.05) is 25.7 Å². The Morgan fingerprint density at radius 2 is 1.83 bits per heavy atom. The molecular weight excluding hydrogens is 252 g/mol. The lowest BCUT2D eigenvalue weighted by Gasteiger charge is -2.39. The van der Waals surface area contributed by atoms with Gasteiger partial charge in [-0.25, -0.2) is 0 Å². The summed E-state index contributed by atoms with van der Waals surface area (Å²) < 4.78 is 5.54. The van der Waals surface area contributed by atoms with Crippen LogP contribution in [0.25, 0.3) is 0 Å². The largest absolute Gasteiger partial charge is 0.366 e. The van der Waals surface area contributed by atoms with Gasteiger partial charge in [-0.2, -0.15) is 0 Å². The van der Waals surface area contributed by atoms with Gasteiger partial charge in [0.15, 0.2) is 0 Å². The van der Waals surface area contributed by atoms with Gasteiger partial charge in [0, 0.05) is 25.7 Å². The van der Waals surface area contributed by atoms with Crippen LogP contribution in [-0.2, 0) is 9.53 Å². The molecule has 4 nitrogen and oxygen atoms in total. The SMILES string of the molecule is CCOC(C)(C)C(=O)N1C[C@H]2CC[C@@H](C1)C2N.Cl. The van der Waals surface area contributed by atoms with Crippen LogP contribution in [-0.4, -0.2) is 42.1 Å². The predicted molar refractivity (Wildman–Crippen MR) is 73.7 cm³/mol. The van der Waals surface area contributed by atoms with Crippen molar-refractivity contribution in [2.24, 2.45) is 17.6 Å². The minimum Gasteiger partial charge on any atom is -0.366 e. The first-order valence-corrected chi connectivity index (χ1v) is 6.64. The van der Waals surface area contributed by atoms with E-state index in [4.69, 9.17) is 10.5 Å².